The molecule has 4 heteroatoms. The smallest absolute Gasteiger partial charge is 0.0762 e. The predicted molar refractivity (Wildman–Crippen MR) is 95.4 cm³/mol. The van der Waals surface area contributed by atoms with E-state index in [2.05, 4.69) is 34.3 Å². The van der Waals surface area contributed by atoms with Crippen molar-refractivity contribution in [3.63, 3.8) is 0 Å². The van der Waals surface area contributed by atoms with Gasteiger partial charge in [-0.1, -0.05) is 35.9 Å². The van der Waals surface area contributed by atoms with Gasteiger partial charge >= 0.3 is 0 Å². The maximum atomic E-state index is 6.15. The van der Waals surface area contributed by atoms with E-state index in [1.165, 1.54) is 5.39 Å². The van der Waals surface area contributed by atoms with Gasteiger partial charge < -0.3 is 4.98 Å². The first-order chi connectivity index (χ1) is 11.3. The molecule has 0 atom stereocenters. The number of nitrogens with one attached hydrogen (secondary N) is 1. The third-order valence-corrected chi connectivity index (χ3v) is 4.52. The lowest BCUT2D eigenvalue weighted by Crippen LogP contribution is -1.94. The third-order valence-electron chi connectivity index (χ3n) is 4.29. The molecule has 23 heavy (non-hydrogen) atoms. The molecule has 3 aromatic carbocycles. The van der Waals surface area contributed by atoms with Gasteiger partial charge in [0.2, 0.25) is 0 Å². The number of benzene rings is 3. The van der Waals surface area contributed by atoms with Crippen LogP contribution in [0.2, 0.25) is 5.02 Å². The van der Waals surface area contributed by atoms with Crippen LogP contribution < -0.4 is 0 Å². The first-order valence-corrected chi connectivity index (χ1v) is 7.82. The molecule has 0 aliphatic heterocycles. The van der Waals surface area contributed by atoms with Crippen LogP contribution in [0.25, 0.3) is 38.4 Å². The number of aromatic amines is 1. The molecule has 0 amide bonds. The molecule has 0 fully saturated rings. The molecule has 5 rings (SSSR count). The fourth-order valence-electron chi connectivity index (χ4n) is 3.22. The Morgan fingerprint density at radius 2 is 1.74 bits per heavy atom. The van der Waals surface area contributed by atoms with E-state index in [1.54, 1.807) is 0 Å². The average Bonchev–Trinajstić information content (AvgIpc) is 3.16. The minimum Gasteiger partial charge on any atom is -0.354 e. The normalized spacial score (nSPS) is 11.7. The summed E-state index contributed by atoms with van der Waals surface area (Å²) in [4.78, 5) is 3.50. The van der Waals surface area contributed by atoms with Gasteiger partial charge in [-0.15, -0.1) is 0 Å². The van der Waals surface area contributed by atoms with Crippen molar-refractivity contribution in [2.75, 3.05) is 0 Å². The van der Waals surface area contributed by atoms with Crippen LogP contribution in [0.15, 0.2) is 66.9 Å². The second-order valence-electron chi connectivity index (χ2n) is 5.63. The van der Waals surface area contributed by atoms with Crippen molar-refractivity contribution in [3.8, 4) is 5.69 Å². The highest BCUT2D eigenvalue weighted by molar-refractivity contribution is 6.32. The van der Waals surface area contributed by atoms with Crippen LogP contribution in [0.1, 0.15) is 0 Å². The van der Waals surface area contributed by atoms with Crippen molar-refractivity contribution in [1.82, 2.24) is 14.8 Å². The molecule has 0 aliphatic carbocycles. The van der Waals surface area contributed by atoms with E-state index >= 15 is 0 Å². The second-order valence-corrected chi connectivity index (χ2v) is 6.06. The standard InChI is InChI=1S/C19H12ClN3/c20-12-6-8-17-15(10-12)14-7-9-18-16(19(14)22-17)11-21-23(18)13-4-2-1-3-5-13/h1-11,22H. The number of H-pyrrole nitrogens is 1. The molecule has 0 radical (unpaired) electrons. The van der Waals surface area contributed by atoms with Crippen molar-refractivity contribution in [2.45, 2.75) is 0 Å². The number of rotatable bonds is 1. The van der Waals surface area contributed by atoms with Gasteiger partial charge in [0, 0.05) is 26.7 Å². The summed E-state index contributed by atoms with van der Waals surface area (Å²) in [5.74, 6) is 0. The number of nitrogens with zero attached hydrogens (tertiary/aromatic N) is 2. The molecule has 0 aliphatic rings. The van der Waals surface area contributed by atoms with Crippen LogP contribution in [0, 0.1) is 0 Å². The Balaban J connectivity index is 1.88. The number of hydrogen-bond acceptors (Lipinski definition) is 1. The maximum absolute atomic E-state index is 6.15. The summed E-state index contributed by atoms with van der Waals surface area (Å²) in [6, 6.07) is 20.3. The van der Waals surface area contributed by atoms with E-state index in [0.29, 0.717) is 0 Å². The van der Waals surface area contributed by atoms with Crippen molar-refractivity contribution >= 4 is 44.3 Å². The zero-order valence-electron chi connectivity index (χ0n) is 12.1. The molecule has 0 bridgehead atoms. The second kappa shape index (κ2) is 4.61. The average molecular weight is 318 g/mol. The maximum Gasteiger partial charge on any atom is 0.0762 e. The lowest BCUT2D eigenvalue weighted by atomic mass is 10.1. The van der Waals surface area contributed by atoms with Crippen molar-refractivity contribution in [3.05, 3.63) is 71.9 Å². The van der Waals surface area contributed by atoms with Gasteiger partial charge in [0.05, 0.1) is 22.9 Å². The first kappa shape index (κ1) is 12.7. The zero-order valence-corrected chi connectivity index (χ0v) is 12.9. The summed E-state index contributed by atoms with van der Waals surface area (Å²) in [7, 11) is 0. The molecule has 2 heterocycles. The highest BCUT2D eigenvalue weighted by atomic mass is 35.5. The molecule has 3 nitrogen and oxygen atoms in total. The monoisotopic (exact) mass is 317 g/mol. The molecule has 2 aromatic heterocycles. The van der Waals surface area contributed by atoms with E-state index in [9.17, 15) is 0 Å². The summed E-state index contributed by atoms with van der Waals surface area (Å²) in [5, 5.41) is 8.74. The van der Waals surface area contributed by atoms with E-state index in [0.717, 1.165) is 38.0 Å². The largest absolute Gasteiger partial charge is 0.354 e. The number of fused-ring (bicyclic) bond motifs is 5. The van der Waals surface area contributed by atoms with Crippen molar-refractivity contribution < 1.29 is 0 Å². The van der Waals surface area contributed by atoms with Gasteiger partial charge in [0.1, 0.15) is 0 Å². The minimum atomic E-state index is 0.749. The van der Waals surface area contributed by atoms with Gasteiger partial charge in [-0.05, 0) is 36.4 Å². The molecule has 0 unspecified atom stereocenters. The molecule has 0 spiro atoms. The van der Waals surface area contributed by atoms with Crippen LogP contribution in [-0.2, 0) is 0 Å². The molecule has 110 valence electrons. The Kier molecular flexibility index (Phi) is 2.55. The fourth-order valence-corrected chi connectivity index (χ4v) is 3.39. The quantitative estimate of drug-likeness (QED) is 0.446. The van der Waals surface area contributed by atoms with Crippen LogP contribution >= 0.6 is 11.6 Å². The lowest BCUT2D eigenvalue weighted by molar-refractivity contribution is 0.911. The highest BCUT2D eigenvalue weighted by Crippen LogP contribution is 2.33. The van der Waals surface area contributed by atoms with E-state index in [4.69, 9.17) is 11.6 Å². The summed E-state index contributed by atoms with van der Waals surface area (Å²) >= 11 is 6.15. The number of halogens is 1. The molecular weight excluding hydrogens is 306 g/mol. The molecule has 0 saturated carbocycles. The van der Waals surface area contributed by atoms with E-state index in [1.807, 2.05) is 47.3 Å². The van der Waals surface area contributed by atoms with Crippen LogP contribution in [-0.4, -0.2) is 14.8 Å². The zero-order chi connectivity index (χ0) is 15.4. The Labute approximate surface area is 137 Å². The summed E-state index contributed by atoms with van der Waals surface area (Å²) in [6.45, 7) is 0. The third kappa shape index (κ3) is 1.80. The summed E-state index contributed by atoms with van der Waals surface area (Å²) < 4.78 is 1.97. The number of para-hydroxylation sites is 1. The van der Waals surface area contributed by atoms with Crippen molar-refractivity contribution in [1.29, 1.82) is 0 Å². The van der Waals surface area contributed by atoms with E-state index in [-0.39, 0.29) is 0 Å². The van der Waals surface area contributed by atoms with E-state index < -0.39 is 0 Å². The molecule has 1 N–H and O–H groups in total. The van der Waals surface area contributed by atoms with Crippen LogP contribution in [0.5, 0.6) is 0 Å². The van der Waals surface area contributed by atoms with Gasteiger partial charge in [-0.2, -0.15) is 5.10 Å². The van der Waals surface area contributed by atoms with Gasteiger partial charge in [0.25, 0.3) is 0 Å². The van der Waals surface area contributed by atoms with Gasteiger partial charge in [-0.25, -0.2) is 4.68 Å². The van der Waals surface area contributed by atoms with Crippen LogP contribution in [0.3, 0.4) is 0 Å². The first-order valence-electron chi connectivity index (χ1n) is 7.44. The Morgan fingerprint density at radius 1 is 0.870 bits per heavy atom. The predicted octanol–water partition coefficient (Wildman–Crippen LogP) is 5.31. The Hall–Kier alpha value is -2.78. The van der Waals surface area contributed by atoms with Crippen molar-refractivity contribution in [2.24, 2.45) is 0 Å². The topological polar surface area (TPSA) is 33.6 Å². The highest BCUT2D eigenvalue weighted by Gasteiger charge is 2.12. The minimum absolute atomic E-state index is 0.749. The summed E-state index contributed by atoms with van der Waals surface area (Å²) in [5.41, 5.74) is 4.33. The SMILES string of the molecule is Clc1ccc2[nH]c3c(ccc4c3cnn4-c3ccccc3)c2c1. The van der Waals surface area contributed by atoms with Gasteiger partial charge in [0.15, 0.2) is 0 Å². The summed E-state index contributed by atoms with van der Waals surface area (Å²) in [6.07, 6.45) is 1.92. The fraction of sp³-hybridized carbons (Fsp3) is 0. The Bertz CT molecular complexity index is 1170. The number of aromatic nitrogens is 3. The Morgan fingerprint density at radius 3 is 2.61 bits per heavy atom. The van der Waals surface area contributed by atoms with Crippen LogP contribution in [0.4, 0.5) is 0 Å². The number of hydrogen-bond donors (Lipinski definition) is 1. The molecular formula is C19H12ClN3. The molecule has 5 aromatic rings. The lowest BCUT2D eigenvalue weighted by Gasteiger charge is -2.03. The van der Waals surface area contributed by atoms with Gasteiger partial charge in [-0.3, -0.25) is 0 Å². The molecule has 0 saturated heterocycles.